The Labute approximate surface area is 266 Å². The van der Waals surface area contributed by atoms with Crippen LogP contribution in [0, 0.1) is 0 Å². The number of furan rings is 2. The zero-order valence-corrected chi connectivity index (χ0v) is 24.9. The molecule has 0 saturated heterocycles. The first-order chi connectivity index (χ1) is 23.3. The molecule has 5 nitrogen and oxygen atoms in total. The summed E-state index contributed by atoms with van der Waals surface area (Å²) in [7, 11) is 0. The van der Waals surface area contributed by atoms with Crippen molar-refractivity contribution in [1.82, 2.24) is 14.5 Å². The second-order valence-electron chi connectivity index (χ2n) is 12.1. The Kier molecular flexibility index (Phi) is 4.78. The maximum Gasteiger partial charge on any atom is 0.236 e. The Morgan fingerprint density at radius 3 is 1.70 bits per heavy atom. The molecule has 0 aliphatic heterocycles. The van der Waals surface area contributed by atoms with Crippen molar-refractivity contribution in [2.24, 2.45) is 0 Å². The van der Waals surface area contributed by atoms with Crippen LogP contribution in [0.3, 0.4) is 0 Å². The molecule has 11 aromatic rings. The quantitative estimate of drug-likeness (QED) is 0.198. The summed E-state index contributed by atoms with van der Waals surface area (Å²) in [6, 6.07) is 48.4. The average molecular weight is 602 g/mol. The van der Waals surface area contributed by atoms with E-state index in [1.165, 1.54) is 32.3 Å². The minimum absolute atomic E-state index is 0.592. The highest BCUT2D eigenvalue weighted by molar-refractivity contribution is 6.28. The number of benzene rings is 7. The van der Waals surface area contributed by atoms with E-state index in [0.717, 1.165) is 60.7 Å². The first kappa shape index (κ1) is 24.8. The standard InChI is InChI=1S/C42H23N3O2/c1-3-12-26-24(10-1)20-22-31-37(26)38-27-13-4-2-11-25(27)21-23-32(38)45(31)42-43-39-29-15-6-8-18-34(29)47-41(39)40(44-42)30-16-9-19-35-36(30)28-14-5-7-17-33(28)46-35/h1-23H. The van der Waals surface area contributed by atoms with Gasteiger partial charge in [0.05, 0.1) is 11.0 Å². The van der Waals surface area contributed by atoms with Gasteiger partial charge in [-0.15, -0.1) is 0 Å². The molecule has 4 heterocycles. The molecular weight excluding hydrogens is 578 g/mol. The highest BCUT2D eigenvalue weighted by Crippen LogP contribution is 2.43. The van der Waals surface area contributed by atoms with Crippen LogP contribution in [0.25, 0.3) is 105 Å². The maximum absolute atomic E-state index is 6.57. The van der Waals surface area contributed by atoms with Gasteiger partial charge in [0.15, 0.2) is 5.58 Å². The highest BCUT2D eigenvalue weighted by Gasteiger charge is 2.24. The zero-order valence-electron chi connectivity index (χ0n) is 24.9. The van der Waals surface area contributed by atoms with Crippen molar-refractivity contribution < 1.29 is 8.83 Å². The SMILES string of the molecule is c1ccc2c(c1)ccc1c2c2c3ccccc3ccc2n1-c1nc(-c2cccc3oc4ccccc4c23)c2oc3ccccc3c2n1. The van der Waals surface area contributed by atoms with Crippen LogP contribution in [0.2, 0.25) is 0 Å². The van der Waals surface area contributed by atoms with Crippen LogP contribution >= 0.6 is 0 Å². The van der Waals surface area contributed by atoms with Gasteiger partial charge < -0.3 is 8.83 Å². The molecule has 0 unspecified atom stereocenters. The van der Waals surface area contributed by atoms with E-state index in [0.29, 0.717) is 11.5 Å². The van der Waals surface area contributed by atoms with Crippen LogP contribution < -0.4 is 0 Å². The zero-order chi connectivity index (χ0) is 30.6. The molecule has 5 heteroatoms. The van der Waals surface area contributed by atoms with E-state index < -0.39 is 0 Å². The number of para-hydroxylation sites is 2. The van der Waals surface area contributed by atoms with Gasteiger partial charge in [-0.25, -0.2) is 9.97 Å². The molecule has 0 atom stereocenters. The van der Waals surface area contributed by atoms with Crippen molar-refractivity contribution in [3.63, 3.8) is 0 Å². The van der Waals surface area contributed by atoms with Gasteiger partial charge in [-0.3, -0.25) is 4.57 Å². The summed E-state index contributed by atoms with van der Waals surface area (Å²) in [5.74, 6) is 0.592. The van der Waals surface area contributed by atoms with Crippen molar-refractivity contribution in [3.8, 4) is 17.2 Å². The van der Waals surface area contributed by atoms with E-state index in [-0.39, 0.29) is 0 Å². The van der Waals surface area contributed by atoms with Crippen LogP contribution in [0.15, 0.2) is 148 Å². The number of rotatable bonds is 2. The molecule has 0 spiro atoms. The van der Waals surface area contributed by atoms with Gasteiger partial charge in [0.25, 0.3) is 0 Å². The highest BCUT2D eigenvalue weighted by atomic mass is 16.3. The second kappa shape index (κ2) is 9.05. The number of fused-ring (bicyclic) bond motifs is 13. The van der Waals surface area contributed by atoms with Crippen LogP contribution in [0.4, 0.5) is 0 Å². The molecule has 47 heavy (non-hydrogen) atoms. The van der Waals surface area contributed by atoms with Crippen LogP contribution in [-0.4, -0.2) is 14.5 Å². The van der Waals surface area contributed by atoms with Crippen LogP contribution in [-0.2, 0) is 0 Å². The van der Waals surface area contributed by atoms with Gasteiger partial charge in [0.1, 0.15) is 28.0 Å². The molecule has 0 radical (unpaired) electrons. The normalized spacial score (nSPS) is 12.3. The average Bonchev–Trinajstić information content (AvgIpc) is 3.81. The molecule has 0 aliphatic carbocycles. The van der Waals surface area contributed by atoms with Gasteiger partial charge >= 0.3 is 0 Å². The van der Waals surface area contributed by atoms with E-state index in [9.17, 15) is 0 Å². The third-order valence-electron chi connectivity index (χ3n) is 9.61. The van der Waals surface area contributed by atoms with Crippen molar-refractivity contribution in [2.45, 2.75) is 0 Å². The Balaban J connectivity index is 1.34. The Morgan fingerprint density at radius 2 is 1.00 bits per heavy atom. The van der Waals surface area contributed by atoms with Gasteiger partial charge in [-0.05, 0) is 57.9 Å². The Hall–Kier alpha value is -6.46. The third-order valence-corrected chi connectivity index (χ3v) is 9.61. The largest absolute Gasteiger partial charge is 0.456 e. The fraction of sp³-hybridized carbons (Fsp3) is 0. The van der Waals surface area contributed by atoms with Gasteiger partial charge in [-0.2, -0.15) is 0 Å². The smallest absolute Gasteiger partial charge is 0.236 e. The van der Waals surface area contributed by atoms with E-state index in [1.54, 1.807) is 0 Å². The molecule has 0 saturated carbocycles. The minimum Gasteiger partial charge on any atom is -0.456 e. The molecule has 0 aliphatic rings. The molecule has 4 aromatic heterocycles. The lowest BCUT2D eigenvalue weighted by Crippen LogP contribution is -2.03. The van der Waals surface area contributed by atoms with Crippen molar-refractivity contribution in [2.75, 3.05) is 0 Å². The van der Waals surface area contributed by atoms with Crippen LogP contribution in [0.1, 0.15) is 0 Å². The molecule has 11 rings (SSSR count). The van der Waals surface area contributed by atoms with E-state index in [1.807, 2.05) is 48.5 Å². The fourth-order valence-electron chi connectivity index (χ4n) is 7.60. The molecule has 0 fully saturated rings. The minimum atomic E-state index is 0.592. The number of nitrogens with zero attached hydrogens (tertiary/aromatic N) is 3. The van der Waals surface area contributed by atoms with Crippen LogP contribution in [0.5, 0.6) is 0 Å². The summed E-state index contributed by atoms with van der Waals surface area (Å²) >= 11 is 0. The predicted molar refractivity (Wildman–Crippen MR) is 191 cm³/mol. The fourth-order valence-corrected chi connectivity index (χ4v) is 7.60. The van der Waals surface area contributed by atoms with Crippen molar-refractivity contribution in [3.05, 3.63) is 140 Å². The second-order valence-corrected chi connectivity index (χ2v) is 12.1. The first-order valence-corrected chi connectivity index (χ1v) is 15.8. The molecule has 7 aromatic carbocycles. The molecule has 0 N–H and O–H groups in total. The van der Waals surface area contributed by atoms with Gasteiger partial charge in [-0.1, -0.05) is 103 Å². The summed E-state index contributed by atoms with van der Waals surface area (Å²) in [5.41, 5.74) is 7.64. The van der Waals surface area contributed by atoms with Gasteiger partial charge in [0, 0.05) is 32.5 Å². The molecular formula is C42H23N3O2. The van der Waals surface area contributed by atoms with Crippen molar-refractivity contribution in [1.29, 1.82) is 0 Å². The predicted octanol–water partition coefficient (Wildman–Crippen LogP) is 11.3. The summed E-state index contributed by atoms with van der Waals surface area (Å²) in [6.45, 7) is 0. The molecule has 0 bridgehead atoms. The summed E-state index contributed by atoms with van der Waals surface area (Å²) in [5, 5.41) is 10.2. The molecule has 218 valence electrons. The van der Waals surface area contributed by atoms with E-state index >= 15 is 0 Å². The van der Waals surface area contributed by atoms with E-state index in [4.69, 9.17) is 18.8 Å². The number of hydrogen-bond donors (Lipinski definition) is 0. The van der Waals surface area contributed by atoms with Gasteiger partial charge in [0.2, 0.25) is 5.95 Å². The summed E-state index contributed by atoms with van der Waals surface area (Å²) in [6.07, 6.45) is 0. The topological polar surface area (TPSA) is 57.0 Å². The lowest BCUT2D eigenvalue weighted by Gasteiger charge is -2.10. The lowest BCUT2D eigenvalue weighted by molar-refractivity contribution is 0.666. The lowest BCUT2D eigenvalue weighted by atomic mass is 10.00. The maximum atomic E-state index is 6.57. The van der Waals surface area contributed by atoms with Crippen molar-refractivity contribution >= 4 is 87.4 Å². The van der Waals surface area contributed by atoms with E-state index in [2.05, 4.69) is 95.6 Å². The third kappa shape index (κ3) is 3.32. The molecule has 0 amide bonds. The first-order valence-electron chi connectivity index (χ1n) is 15.8. The monoisotopic (exact) mass is 601 g/mol. The number of aromatic nitrogens is 3. The number of hydrogen-bond acceptors (Lipinski definition) is 4. The summed E-state index contributed by atoms with van der Waals surface area (Å²) in [4.78, 5) is 10.7. The Bertz CT molecular complexity index is 3000. The summed E-state index contributed by atoms with van der Waals surface area (Å²) < 4.78 is 15.1. The Morgan fingerprint density at radius 1 is 0.426 bits per heavy atom.